The zero-order valence-electron chi connectivity index (χ0n) is 14.8. The van der Waals surface area contributed by atoms with Crippen molar-refractivity contribution in [3.8, 4) is 0 Å². The number of rotatable bonds is 6. The minimum Gasteiger partial charge on any atom is -0.423 e. The maximum absolute atomic E-state index is 12.2. The first-order chi connectivity index (χ1) is 13.2. The van der Waals surface area contributed by atoms with Gasteiger partial charge in [0.1, 0.15) is 5.52 Å². The molecule has 1 aromatic carbocycles. The number of carbonyl (C=O) groups excluding carboxylic acids is 1. The number of fused-ring (bicyclic) bond motifs is 1. The van der Waals surface area contributed by atoms with E-state index in [1.54, 1.807) is 29.2 Å². The number of amides is 1. The highest BCUT2D eigenvalue weighted by Gasteiger charge is 2.25. The second-order valence-corrected chi connectivity index (χ2v) is 7.22. The molecule has 0 bridgehead atoms. The van der Waals surface area contributed by atoms with Crippen molar-refractivity contribution in [3.05, 3.63) is 35.6 Å². The summed E-state index contributed by atoms with van der Waals surface area (Å²) in [5.74, 6) is 0.343. The zero-order chi connectivity index (χ0) is 18.6. The van der Waals surface area contributed by atoms with E-state index in [-0.39, 0.29) is 11.8 Å². The Morgan fingerprint density at radius 2 is 2.33 bits per heavy atom. The summed E-state index contributed by atoms with van der Waals surface area (Å²) in [5, 5.41) is 11.2. The molecular formula is C18H21ClN6O2. The number of halogens is 1. The molecule has 142 valence electrons. The first-order valence-corrected chi connectivity index (χ1v) is 9.47. The summed E-state index contributed by atoms with van der Waals surface area (Å²) in [6.45, 7) is 2.81. The third-order valence-electron chi connectivity index (χ3n) is 4.74. The molecule has 1 unspecified atom stereocenters. The standard InChI is InChI=1S/C18H21ClN6O2/c19-14-3-4-15-16(11-14)27-18(22-15)24-7-1-2-13(12-24)10-17(26)20-5-8-25-9-6-21-23-25/h3-4,6,9,11,13H,1-2,5,7-8,10,12H2,(H,20,26). The van der Waals surface area contributed by atoms with Crippen LogP contribution in [0.5, 0.6) is 0 Å². The van der Waals surface area contributed by atoms with E-state index in [0.717, 1.165) is 31.4 Å². The van der Waals surface area contributed by atoms with Crippen LogP contribution < -0.4 is 10.2 Å². The van der Waals surface area contributed by atoms with Gasteiger partial charge in [-0.15, -0.1) is 5.10 Å². The van der Waals surface area contributed by atoms with E-state index in [0.29, 0.717) is 36.1 Å². The van der Waals surface area contributed by atoms with Crippen LogP contribution in [0.25, 0.3) is 11.1 Å². The van der Waals surface area contributed by atoms with Crippen LogP contribution in [0, 0.1) is 5.92 Å². The molecule has 0 spiro atoms. The summed E-state index contributed by atoms with van der Waals surface area (Å²) in [4.78, 5) is 18.9. The lowest BCUT2D eigenvalue weighted by Gasteiger charge is -2.31. The van der Waals surface area contributed by atoms with Gasteiger partial charge in [-0.2, -0.15) is 4.98 Å². The first kappa shape index (κ1) is 17.8. The highest BCUT2D eigenvalue weighted by Crippen LogP contribution is 2.28. The molecule has 1 amide bonds. The number of benzene rings is 1. The Kier molecular flexibility index (Phi) is 5.24. The van der Waals surface area contributed by atoms with Gasteiger partial charge in [0.25, 0.3) is 6.01 Å². The molecule has 3 heterocycles. The van der Waals surface area contributed by atoms with E-state index in [1.807, 2.05) is 6.07 Å². The fourth-order valence-corrected chi connectivity index (χ4v) is 3.59. The molecule has 27 heavy (non-hydrogen) atoms. The Hall–Kier alpha value is -2.61. The first-order valence-electron chi connectivity index (χ1n) is 9.09. The molecule has 1 aliphatic heterocycles. The molecule has 1 atom stereocenters. The molecule has 4 rings (SSSR count). The van der Waals surface area contributed by atoms with Gasteiger partial charge in [0.2, 0.25) is 5.91 Å². The number of piperidine rings is 1. The second-order valence-electron chi connectivity index (χ2n) is 6.78. The lowest BCUT2D eigenvalue weighted by molar-refractivity contribution is -0.122. The summed E-state index contributed by atoms with van der Waals surface area (Å²) < 4.78 is 7.56. The van der Waals surface area contributed by atoms with Crippen LogP contribution in [0.3, 0.4) is 0 Å². The number of hydrogen-bond acceptors (Lipinski definition) is 6. The van der Waals surface area contributed by atoms with Gasteiger partial charge in [0.05, 0.1) is 12.7 Å². The predicted octanol–water partition coefficient (Wildman–Crippen LogP) is 2.50. The summed E-state index contributed by atoms with van der Waals surface area (Å²) in [5.41, 5.74) is 1.48. The predicted molar refractivity (Wildman–Crippen MR) is 102 cm³/mol. The van der Waals surface area contributed by atoms with Crippen LogP contribution in [0.15, 0.2) is 35.0 Å². The molecule has 8 nitrogen and oxygen atoms in total. The van der Waals surface area contributed by atoms with Crippen molar-refractivity contribution < 1.29 is 9.21 Å². The Morgan fingerprint density at radius 3 is 3.19 bits per heavy atom. The van der Waals surface area contributed by atoms with Gasteiger partial charge in [0, 0.05) is 43.3 Å². The van der Waals surface area contributed by atoms with E-state index >= 15 is 0 Å². The van der Waals surface area contributed by atoms with Crippen LogP contribution in [0.1, 0.15) is 19.3 Å². The van der Waals surface area contributed by atoms with Crippen LogP contribution in [0.2, 0.25) is 5.02 Å². The highest BCUT2D eigenvalue weighted by atomic mass is 35.5. The maximum atomic E-state index is 12.2. The Morgan fingerprint density at radius 1 is 1.41 bits per heavy atom. The van der Waals surface area contributed by atoms with E-state index in [1.165, 1.54) is 0 Å². The number of oxazole rings is 1. The quantitative estimate of drug-likeness (QED) is 0.697. The second kappa shape index (κ2) is 7.96. The van der Waals surface area contributed by atoms with Crippen molar-refractivity contribution in [2.75, 3.05) is 24.5 Å². The largest absolute Gasteiger partial charge is 0.423 e. The van der Waals surface area contributed by atoms with Crippen molar-refractivity contribution in [1.82, 2.24) is 25.3 Å². The van der Waals surface area contributed by atoms with Crippen molar-refractivity contribution >= 4 is 34.6 Å². The van der Waals surface area contributed by atoms with Gasteiger partial charge in [-0.05, 0) is 30.9 Å². The van der Waals surface area contributed by atoms with Crippen LogP contribution >= 0.6 is 11.6 Å². The number of hydrogen-bond donors (Lipinski definition) is 1. The molecule has 1 N–H and O–H groups in total. The maximum Gasteiger partial charge on any atom is 0.298 e. The van der Waals surface area contributed by atoms with Gasteiger partial charge in [-0.3, -0.25) is 9.48 Å². The fourth-order valence-electron chi connectivity index (χ4n) is 3.42. The SMILES string of the molecule is O=C(CC1CCCN(c2nc3ccc(Cl)cc3o2)C1)NCCn1ccnn1. The van der Waals surface area contributed by atoms with E-state index in [9.17, 15) is 4.79 Å². The fraction of sp³-hybridized carbons (Fsp3) is 0.444. The number of aromatic nitrogens is 4. The molecule has 1 saturated heterocycles. The number of nitrogens with zero attached hydrogens (tertiary/aromatic N) is 5. The van der Waals surface area contributed by atoms with Gasteiger partial charge in [-0.25, -0.2) is 0 Å². The number of anilines is 1. The highest BCUT2D eigenvalue weighted by molar-refractivity contribution is 6.31. The zero-order valence-corrected chi connectivity index (χ0v) is 15.6. The number of carbonyl (C=O) groups is 1. The van der Waals surface area contributed by atoms with Gasteiger partial charge < -0.3 is 14.6 Å². The van der Waals surface area contributed by atoms with Gasteiger partial charge in [-0.1, -0.05) is 16.8 Å². The molecular weight excluding hydrogens is 368 g/mol. The molecule has 0 saturated carbocycles. The topological polar surface area (TPSA) is 89.1 Å². The average Bonchev–Trinajstić information content (AvgIpc) is 3.31. The molecule has 0 radical (unpaired) electrons. The summed E-state index contributed by atoms with van der Waals surface area (Å²) >= 11 is 6.01. The Bertz CT molecular complexity index is 910. The van der Waals surface area contributed by atoms with Crippen molar-refractivity contribution in [1.29, 1.82) is 0 Å². The summed E-state index contributed by atoms with van der Waals surface area (Å²) in [6.07, 6.45) is 5.94. The summed E-state index contributed by atoms with van der Waals surface area (Å²) in [7, 11) is 0. The summed E-state index contributed by atoms with van der Waals surface area (Å²) in [6, 6.07) is 6.04. The molecule has 1 aliphatic rings. The average molecular weight is 389 g/mol. The van der Waals surface area contributed by atoms with Crippen molar-refractivity contribution in [3.63, 3.8) is 0 Å². The molecule has 2 aromatic heterocycles. The van der Waals surface area contributed by atoms with E-state index in [2.05, 4.69) is 25.5 Å². The van der Waals surface area contributed by atoms with Crippen LogP contribution in [0.4, 0.5) is 6.01 Å². The van der Waals surface area contributed by atoms with Crippen LogP contribution in [-0.2, 0) is 11.3 Å². The van der Waals surface area contributed by atoms with Gasteiger partial charge >= 0.3 is 0 Å². The molecule has 3 aromatic rings. The van der Waals surface area contributed by atoms with Gasteiger partial charge in [0.15, 0.2) is 5.58 Å². The third-order valence-corrected chi connectivity index (χ3v) is 4.97. The molecule has 0 aliphatic carbocycles. The minimum absolute atomic E-state index is 0.0614. The smallest absolute Gasteiger partial charge is 0.298 e. The lowest BCUT2D eigenvalue weighted by Crippen LogP contribution is -2.38. The van der Waals surface area contributed by atoms with Crippen molar-refractivity contribution in [2.45, 2.75) is 25.8 Å². The Labute approximate surface area is 161 Å². The van der Waals surface area contributed by atoms with E-state index < -0.39 is 0 Å². The van der Waals surface area contributed by atoms with E-state index in [4.69, 9.17) is 16.0 Å². The Balaban J connectivity index is 1.31. The molecule has 9 heteroatoms. The molecule has 1 fully saturated rings. The lowest BCUT2D eigenvalue weighted by atomic mass is 9.95. The minimum atomic E-state index is 0.0614. The normalized spacial score (nSPS) is 17.4. The van der Waals surface area contributed by atoms with Crippen molar-refractivity contribution in [2.24, 2.45) is 5.92 Å². The monoisotopic (exact) mass is 388 g/mol. The third kappa shape index (κ3) is 4.39. The van der Waals surface area contributed by atoms with Crippen LogP contribution in [-0.4, -0.2) is 45.5 Å². The number of nitrogens with one attached hydrogen (secondary N) is 1.